The van der Waals surface area contributed by atoms with E-state index >= 15 is 0 Å². The lowest BCUT2D eigenvalue weighted by atomic mass is 10.2. The standard InChI is InChI=1S/C12H15ClN4/c1-9-15-16-12(17(9)2)8-14-7-10-5-3-4-6-11(10)13/h3-6,14H,7-8H2,1-2H3. The molecule has 0 saturated carbocycles. The van der Waals surface area contributed by atoms with Gasteiger partial charge < -0.3 is 9.88 Å². The summed E-state index contributed by atoms with van der Waals surface area (Å²) in [7, 11) is 1.96. The Morgan fingerprint density at radius 3 is 2.65 bits per heavy atom. The van der Waals surface area contributed by atoms with Gasteiger partial charge in [-0.1, -0.05) is 29.8 Å². The fourth-order valence-corrected chi connectivity index (χ4v) is 1.76. The maximum atomic E-state index is 6.07. The van der Waals surface area contributed by atoms with Gasteiger partial charge >= 0.3 is 0 Å². The van der Waals surface area contributed by atoms with Crippen LogP contribution in [0.4, 0.5) is 0 Å². The van der Waals surface area contributed by atoms with Crippen molar-refractivity contribution in [3.63, 3.8) is 0 Å². The fraction of sp³-hybridized carbons (Fsp3) is 0.333. The van der Waals surface area contributed by atoms with Gasteiger partial charge in [-0.25, -0.2) is 0 Å². The molecule has 0 radical (unpaired) electrons. The van der Waals surface area contributed by atoms with Crippen molar-refractivity contribution in [2.75, 3.05) is 0 Å². The molecule has 2 aromatic rings. The summed E-state index contributed by atoms with van der Waals surface area (Å²) in [5.74, 6) is 1.84. The van der Waals surface area contributed by atoms with E-state index in [1.807, 2.05) is 42.8 Å². The van der Waals surface area contributed by atoms with E-state index in [1.54, 1.807) is 0 Å². The second-order valence-electron chi connectivity index (χ2n) is 3.92. The van der Waals surface area contributed by atoms with E-state index in [0.717, 1.165) is 28.8 Å². The molecular formula is C12H15ClN4. The Hall–Kier alpha value is -1.39. The molecule has 2 rings (SSSR count). The van der Waals surface area contributed by atoms with Crippen LogP contribution in [0.5, 0.6) is 0 Å². The molecule has 0 aliphatic heterocycles. The Morgan fingerprint density at radius 2 is 2.00 bits per heavy atom. The minimum Gasteiger partial charge on any atom is -0.317 e. The monoisotopic (exact) mass is 250 g/mol. The first kappa shape index (κ1) is 12.1. The van der Waals surface area contributed by atoms with Crippen LogP contribution in [-0.2, 0) is 20.1 Å². The number of nitrogens with zero attached hydrogens (tertiary/aromatic N) is 3. The largest absolute Gasteiger partial charge is 0.317 e. The highest BCUT2D eigenvalue weighted by atomic mass is 35.5. The van der Waals surface area contributed by atoms with Gasteiger partial charge in [0.1, 0.15) is 11.6 Å². The van der Waals surface area contributed by atoms with E-state index in [2.05, 4.69) is 15.5 Å². The lowest BCUT2D eigenvalue weighted by Gasteiger charge is -2.06. The van der Waals surface area contributed by atoms with E-state index in [9.17, 15) is 0 Å². The van der Waals surface area contributed by atoms with E-state index in [1.165, 1.54) is 0 Å². The van der Waals surface area contributed by atoms with Crippen molar-refractivity contribution in [2.24, 2.45) is 7.05 Å². The van der Waals surface area contributed by atoms with Gasteiger partial charge in [0.25, 0.3) is 0 Å². The highest BCUT2D eigenvalue weighted by Crippen LogP contribution is 2.14. The van der Waals surface area contributed by atoms with Crippen molar-refractivity contribution in [1.82, 2.24) is 20.1 Å². The minimum atomic E-state index is 0.683. The first-order valence-electron chi connectivity index (χ1n) is 5.47. The van der Waals surface area contributed by atoms with Crippen LogP contribution >= 0.6 is 11.6 Å². The molecule has 90 valence electrons. The Kier molecular flexibility index (Phi) is 3.76. The molecule has 0 unspecified atom stereocenters. The zero-order valence-corrected chi connectivity index (χ0v) is 10.7. The number of halogens is 1. The summed E-state index contributed by atoms with van der Waals surface area (Å²) in [6, 6.07) is 7.82. The third-order valence-corrected chi connectivity index (χ3v) is 3.11. The molecule has 0 bridgehead atoms. The predicted molar refractivity (Wildman–Crippen MR) is 67.7 cm³/mol. The van der Waals surface area contributed by atoms with Crippen LogP contribution in [-0.4, -0.2) is 14.8 Å². The number of aryl methyl sites for hydroxylation is 1. The maximum Gasteiger partial charge on any atom is 0.146 e. The van der Waals surface area contributed by atoms with Gasteiger partial charge in [0.15, 0.2) is 0 Å². The Bertz CT molecular complexity index is 507. The van der Waals surface area contributed by atoms with Gasteiger partial charge in [0.05, 0.1) is 6.54 Å². The average molecular weight is 251 g/mol. The van der Waals surface area contributed by atoms with Crippen molar-refractivity contribution in [3.05, 3.63) is 46.5 Å². The van der Waals surface area contributed by atoms with Crippen LogP contribution in [0, 0.1) is 6.92 Å². The van der Waals surface area contributed by atoms with Gasteiger partial charge in [0.2, 0.25) is 0 Å². The third-order valence-electron chi connectivity index (χ3n) is 2.74. The summed E-state index contributed by atoms with van der Waals surface area (Å²) in [5, 5.41) is 12.2. The zero-order valence-electron chi connectivity index (χ0n) is 9.94. The van der Waals surface area contributed by atoms with Crippen molar-refractivity contribution < 1.29 is 0 Å². The Labute approximate surface area is 106 Å². The molecule has 0 fully saturated rings. The van der Waals surface area contributed by atoms with E-state index in [0.29, 0.717) is 6.54 Å². The van der Waals surface area contributed by atoms with Crippen LogP contribution in [0.25, 0.3) is 0 Å². The molecule has 0 aliphatic rings. The molecule has 17 heavy (non-hydrogen) atoms. The van der Waals surface area contributed by atoms with Gasteiger partial charge in [-0.05, 0) is 18.6 Å². The molecule has 1 aromatic heterocycles. The number of nitrogens with one attached hydrogen (secondary N) is 1. The van der Waals surface area contributed by atoms with E-state index < -0.39 is 0 Å². The van der Waals surface area contributed by atoms with Crippen molar-refractivity contribution in [2.45, 2.75) is 20.0 Å². The van der Waals surface area contributed by atoms with Gasteiger partial charge in [-0.3, -0.25) is 0 Å². The highest BCUT2D eigenvalue weighted by molar-refractivity contribution is 6.31. The molecule has 1 heterocycles. The first-order valence-corrected chi connectivity index (χ1v) is 5.85. The quantitative estimate of drug-likeness (QED) is 0.903. The van der Waals surface area contributed by atoms with Gasteiger partial charge in [-0.15, -0.1) is 10.2 Å². The fourth-order valence-electron chi connectivity index (χ4n) is 1.56. The maximum absolute atomic E-state index is 6.07. The van der Waals surface area contributed by atoms with Crippen molar-refractivity contribution >= 4 is 11.6 Å². The van der Waals surface area contributed by atoms with E-state index in [4.69, 9.17) is 11.6 Å². The molecule has 0 saturated heterocycles. The van der Waals surface area contributed by atoms with E-state index in [-0.39, 0.29) is 0 Å². The summed E-state index contributed by atoms with van der Waals surface area (Å²) in [5.41, 5.74) is 1.09. The van der Waals surface area contributed by atoms with Crippen LogP contribution in [0.3, 0.4) is 0 Å². The molecule has 0 atom stereocenters. The Morgan fingerprint density at radius 1 is 1.24 bits per heavy atom. The smallest absolute Gasteiger partial charge is 0.146 e. The summed E-state index contributed by atoms with van der Waals surface area (Å²) < 4.78 is 1.97. The second-order valence-corrected chi connectivity index (χ2v) is 4.32. The zero-order chi connectivity index (χ0) is 12.3. The molecule has 0 spiro atoms. The number of hydrogen-bond acceptors (Lipinski definition) is 3. The second kappa shape index (κ2) is 5.29. The minimum absolute atomic E-state index is 0.683. The number of aromatic nitrogens is 3. The highest BCUT2D eigenvalue weighted by Gasteiger charge is 2.04. The third kappa shape index (κ3) is 2.84. The number of benzene rings is 1. The molecule has 1 aromatic carbocycles. The van der Waals surface area contributed by atoms with Gasteiger partial charge in [0, 0.05) is 18.6 Å². The SMILES string of the molecule is Cc1nnc(CNCc2ccccc2Cl)n1C. The number of hydrogen-bond donors (Lipinski definition) is 1. The molecule has 4 nitrogen and oxygen atoms in total. The molecule has 0 amide bonds. The predicted octanol–water partition coefficient (Wildman–Crippen LogP) is 2.07. The summed E-state index contributed by atoms with van der Waals surface area (Å²) in [6.07, 6.45) is 0. The molecule has 5 heteroatoms. The first-order chi connectivity index (χ1) is 8.18. The summed E-state index contributed by atoms with van der Waals surface area (Å²) in [6.45, 7) is 3.35. The van der Waals surface area contributed by atoms with Gasteiger partial charge in [-0.2, -0.15) is 0 Å². The summed E-state index contributed by atoms with van der Waals surface area (Å²) >= 11 is 6.07. The lowest BCUT2D eigenvalue weighted by Crippen LogP contribution is -2.16. The average Bonchev–Trinajstić information content (AvgIpc) is 2.63. The van der Waals surface area contributed by atoms with Crippen LogP contribution in [0.1, 0.15) is 17.2 Å². The molecule has 1 N–H and O–H groups in total. The van der Waals surface area contributed by atoms with Crippen LogP contribution in [0.2, 0.25) is 5.02 Å². The molecular weight excluding hydrogens is 236 g/mol. The van der Waals surface area contributed by atoms with Crippen LogP contribution < -0.4 is 5.32 Å². The normalized spacial score (nSPS) is 10.8. The summed E-state index contributed by atoms with van der Waals surface area (Å²) in [4.78, 5) is 0. The Balaban J connectivity index is 1.92. The van der Waals surface area contributed by atoms with Crippen molar-refractivity contribution in [3.8, 4) is 0 Å². The van der Waals surface area contributed by atoms with Crippen LogP contribution in [0.15, 0.2) is 24.3 Å². The van der Waals surface area contributed by atoms with Crippen molar-refractivity contribution in [1.29, 1.82) is 0 Å². The molecule has 0 aliphatic carbocycles. The lowest BCUT2D eigenvalue weighted by molar-refractivity contribution is 0.634. The number of rotatable bonds is 4. The topological polar surface area (TPSA) is 42.7 Å².